The van der Waals surface area contributed by atoms with Gasteiger partial charge in [0.25, 0.3) is 0 Å². The Morgan fingerprint density at radius 2 is 2.06 bits per heavy atom. The van der Waals surface area contributed by atoms with Crippen molar-refractivity contribution in [3.8, 4) is 0 Å². The maximum atomic E-state index is 11.9. The van der Waals surface area contributed by atoms with Gasteiger partial charge in [0.15, 0.2) is 0 Å². The van der Waals surface area contributed by atoms with Crippen LogP contribution >= 0.6 is 0 Å². The molecular weight excluding hydrogens is 212 g/mol. The van der Waals surface area contributed by atoms with Gasteiger partial charge in [-0.05, 0) is 31.2 Å². The zero-order chi connectivity index (χ0) is 12.1. The molecule has 1 aliphatic carbocycles. The summed E-state index contributed by atoms with van der Waals surface area (Å²) in [4.78, 5) is 11.9. The standard InChI is InChI=1S/C14H26N2O/c1-11-9-15-10-13(11)14(17)16-8-4-7-12-5-2-3-6-12/h11-13,15H,2-10H2,1H3,(H,16,17). The minimum Gasteiger partial charge on any atom is -0.356 e. The Morgan fingerprint density at radius 1 is 1.29 bits per heavy atom. The molecule has 1 heterocycles. The van der Waals surface area contributed by atoms with Gasteiger partial charge in [-0.3, -0.25) is 4.79 Å². The summed E-state index contributed by atoms with van der Waals surface area (Å²) in [5, 5.41) is 6.38. The highest BCUT2D eigenvalue weighted by atomic mass is 16.1. The van der Waals surface area contributed by atoms with Crippen molar-refractivity contribution in [2.45, 2.75) is 45.4 Å². The average Bonchev–Trinajstić information content (AvgIpc) is 2.95. The molecule has 2 rings (SSSR count). The molecule has 1 saturated heterocycles. The van der Waals surface area contributed by atoms with Crippen LogP contribution in [0, 0.1) is 17.8 Å². The molecule has 17 heavy (non-hydrogen) atoms. The van der Waals surface area contributed by atoms with Crippen LogP contribution in [0.3, 0.4) is 0 Å². The van der Waals surface area contributed by atoms with Crippen LogP contribution in [0.5, 0.6) is 0 Å². The third-order valence-corrected chi connectivity index (χ3v) is 4.42. The van der Waals surface area contributed by atoms with Crippen molar-refractivity contribution in [1.29, 1.82) is 0 Å². The summed E-state index contributed by atoms with van der Waals surface area (Å²) >= 11 is 0. The first-order valence-corrected chi connectivity index (χ1v) is 7.26. The second kappa shape index (κ2) is 6.39. The molecule has 1 saturated carbocycles. The van der Waals surface area contributed by atoms with Crippen LogP contribution in [-0.2, 0) is 4.79 Å². The van der Waals surface area contributed by atoms with E-state index in [1.807, 2.05) is 0 Å². The molecule has 2 atom stereocenters. The van der Waals surface area contributed by atoms with Crippen molar-refractivity contribution in [3.63, 3.8) is 0 Å². The molecular formula is C14H26N2O. The molecule has 0 aromatic rings. The molecule has 0 bridgehead atoms. The van der Waals surface area contributed by atoms with E-state index in [9.17, 15) is 4.79 Å². The van der Waals surface area contributed by atoms with Crippen LogP contribution in [0.25, 0.3) is 0 Å². The lowest BCUT2D eigenvalue weighted by atomic mass is 9.97. The number of amides is 1. The maximum Gasteiger partial charge on any atom is 0.224 e. The fraction of sp³-hybridized carbons (Fsp3) is 0.929. The van der Waals surface area contributed by atoms with Crippen LogP contribution in [0.1, 0.15) is 45.4 Å². The Hall–Kier alpha value is -0.570. The molecule has 0 aromatic heterocycles. The minimum atomic E-state index is 0.196. The second-order valence-electron chi connectivity index (χ2n) is 5.83. The van der Waals surface area contributed by atoms with E-state index in [0.29, 0.717) is 5.92 Å². The van der Waals surface area contributed by atoms with Gasteiger partial charge in [0.2, 0.25) is 5.91 Å². The lowest BCUT2D eigenvalue weighted by Crippen LogP contribution is -2.35. The van der Waals surface area contributed by atoms with E-state index in [2.05, 4.69) is 17.6 Å². The molecule has 2 N–H and O–H groups in total. The maximum absolute atomic E-state index is 11.9. The lowest BCUT2D eigenvalue weighted by Gasteiger charge is -2.15. The van der Waals surface area contributed by atoms with Crippen molar-refractivity contribution in [2.24, 2.45) is 17.8 Å². The van der Waals surface area contributed by atoms with Gasteiger partial charge in [-0.25, -0.2) is 0 Å². The zero-order valence-corrected chi connectivity index (χ0v) is 11.0. The van der Waals surface area contributed by atoms with E-state index >= 15 is 0 Å². The van der Waals surface area contributed by atoms with Crippen LogP contribution in [-0.4, -0.2) is 25.5 Å². The smallest absolute Gasteiger partial charge is 0.224 e. The van der Waals surface area contributed by atoms with Crippen LogP contribution in [0.4, 0.5) is 0 Å². The van der Waals surface area contributed by atoms with Gasteiger partial charge in [0, 0.05) is 13.1 Å². The normalized spacial score (nSPS) is 29.7. The Bertz CT molecular complexity index is 249. The predicted molar refractivity (Wildman–Crippen MR) is 69.7 cm³/mol. The number of carbonyl (C=O) groups excluding carboxylic acids is 1. The van der Waals surface area contributed by atoms with Gasteiger partial charge in [0.1, 0.15) is 0 Å². The largest absolute Gasteiger partial charge is 0.356 e. The summed E-state index contributed by atoms with van der Waals surface area (Å²) < 4.78 is 0. The van der Waals surface area contributed by atoms with Gasteiger partial charge in [-0.2, -0.15) is 0 Å². The zero-order valence-electron chi connectivity index (χ0n) is 11.0. The molecule has 2 aliphatic rings. The monoisotopic (exact) mass is 238 g/mol. The highest BCUT2D eigenvalue weighted by molar-refractivity contribution is 5.79. The fourth-order valence-corrected chi connectivity index (χ4v) is 3.19. The second-order valence-corrected chi connectivity index (χ2v) is 5.83. The predicted octanol–water partition coefficient (Wildman–Crippen LogP) is 1.93. The van der Waals surface area contributed by atoms with Crippen molar-refractivity contribution in [2.75, 3.05) is 19.6 Å². The molecule has 0 spiro atoms. The van der Waals surface area contributed by atoms with Gasteiger partial charge in [0.05, 0.1) is 5.92 Å². The molecule has 2 unspecified atom stereocenters. The molecule has 0 aromatic carbocycles. The summed E-state index contributed by atoms with van der Waals surface area (Å²) in [6.07, 6.45) is 8.13. The Morgan fingerprint density at radius 3 is 2.71 bits per heavy atom. The number of hydrogen-bond acceptors (Lipinski definition) is 2. The molecule has 98 valence electrons. The highest BCUT2D eigenvalue weighted by Gasteiger charge is 2.29. The van der Waals surface area contributed by atoms with Crippen LogP contribution in [0.15, 0.2) is 0 Å². The minimum absolute atomic E-state index is 0.196. The molecule has 1 amide bonds. The van der Waals surface area contributed by atoms with E-state index in [1.54, 1.807) is 0 Å². The third-order valence-electron chi connectivity index (χ3n) is 4.42. The average molecular weight is 238 g/mol. The Balaban J connectivity index is 1.56. The van der Waals surface area contributed by atoms with Crippen LogP contribution in [0.2, 0.25) is 0 Å². The first-order valence-electron chi connectivity index (χ1n) is 7.26. The molecule has 0 radical (unpaired) electrons. The van der Waals surface area contributed by atoms with E-state index < -0.39 is 0 Å². The third kappa shape index (κ3) is 3.70. The highest BCUT2D eigenvalue weighted by Crippen LogP contribution is 2.28. The molecule has 3 heteroatoms. The van der Waals surface area contributed by atoms with Crippen LogP contribution < -0.4 is 10.6 Å². The number of carbonyl (C=O) groups is 1. The first-order chi connectivity index (χ1) is 8.27. The van der Waals surface area contributed by atoms with E-state index in [1.165, 1.54) is 32.1 Å². The fourth-order valence-electron chi connectivity index (χ4n) is 3.19. The van der Waals surface area contributed by atoms with Gasteiger partial charge >= 0.3 is 0 Å². The van der Waals surface area contributed by atoms with E-state index in [4.69, 9.17) is 0 Å². The van der Waals surface area contributed by atoms with E-state index in [0.717, 1.165) is 32.0 Å². The van der Waals surface area contributed by atoms with Gasteiger partial charge in [-0.1, -0.05) is 32.6 Å². The molecule has 1 aliphatic heterocycles. The van der Waals surface area contributed by atoms with Crippen molar-refractivity contribution in [1.82, 2.24) is 10.6 Å². The van der Waals surface area contributed by atoms with Gasteiger partial charge in [-0.15, -0.1) is 0 Å². The lowest BCUT2D eigenvalue weighted by molar-refractivity contribution is -0.125. The Kier molecular flexibility index (Phi) is 4.84. The molecule has 3 nitrogen and oxygen atoms in total. The van der Waals surface area contributed by atoms with Crippen molar-refractivity contribution in [3.05, 3.63) is 0 Å². The van der Waals surface area contributed by atoms with Crippen molar-refractivity contribution >= 4 is 5.91 Å². The van der Waals surface area contributed by atoms with E-state index in [-0.39, 0.29) is 11.8 Å². The SMILES string of the molecule is CC1CNCC1C(=O)NCCCC1CCCC1. The number of rotatable bonds is 5. The Labute approximate surface area is 105 Å². The number of nitrogens with one attached hydrogen (secondary N) is 2. The van der Waals surface area contributed by atoms with Gasteiger partial charge < -0.3 is 10.6 Å². The quantitative estimate of drug-likeness (QED) is 0.719. The summed E-state index contributed by atoms with van der Waals surface area (Å²) in [5.41, 5.74) is 0. The van der Waals surface area contributed by atoms with Crippen molar-refractivity contribution < 1.29 is 4.79 Å². The summed E-state index contributed by atoms with van der Waals surface area (Å²) in [7, 11) is 0. The first kappa shape index (κ1) is 12.9. The number of hydrogen-bond donors (Lipinski definition) is 2. The topological polar surface area (TPSA) is 41.1 Å². The summed E-state index contributed by atoms with van der Waals surface area (Å²) in [5.74, 6) is 1.89. The summed E-state index contributed by atoms with van der Waals surface area (Å²) in [6.45, 7) is 4.87. The molecule has 2 fully saturated rings. The summed E-state index contributed by atoms with van der Waals surface area (Å²) in [6, 6.07) is 0.